The summed E-state index contributed by atoms with van der Waals surface area (Å²) >= 11 is 0. The molecule has 0 aromatic heterocycles. The summed E-state index contributed by atoms with van der Waals surface area (Å²) < 4.78 is 5.40. The summed E-state index contributed by atoms with van der Waals surface area (Å²) in [6.45, 7) is 6.48. The number of carbonyl (C=O) groups is 1. The lowest BCUT2D eigenvalue weighted by atomic mass is 9.96. The number of aliphatic carboxylic acids is 1. The van der Waals surface area contributed by atoms with Crippen molar-refractivity contribution in [1.29, 1.82) is 0 Å². The summed E-state index contributed by atoms with van der Waals surface area (Å²) in [5, 5.41) is 9.54. The van der Waals surface area contributed by atoms with E-state index in [1.165, 1.54) is 0 Å². The minimum Gasteiger partial charge on any atom is -0.494 e. The van der Waals surface area contributed by atoms with E-state index in [-0.39, 0.29) is 0 Å². The van der Waals surface area contributed by atoms with E-state index in [2.05, 4.69) is 11.8 Å². The minimum atomic E-state index is -0.774. The van der Waals surface area contributed by atoms with Crippen LogP contribution in [-0.4, -0.2) is 35.7 Å². The third-order valence-corrected chi connectivity index (χ3v) is 3.92. The first kappa shape index (κ1) is 14.9. The summed E-state index contributed by atoms with van der Waals surface area (Å²) in [5.74, 6) is 0.706. The van der Waals surface area contributed by atoms with Gasteiger partial charge in [0, 0.05) is 0 Å². The third-order valence-electron chi connectivity index (χ3n) is 3.92. The Kier molecular flexibility index (Phi) is 5.01. The fraction of sp³-hybridized carbons (Fsp3) is 0.562. The largest absolute Gasteiger partial charge is 0.494 e. The maximum Gasteiger partial charge on any atom is 0.325 e. The first-order valence-corrected chi connectivity index (χ1v) is 7.31. The summed E-state index contributed by atoms with van der Waals surface area (Å²) in [5.41, 5.74) is 0.829. The number of piperidine rings is 1. The van der Waals surface area contributed by atoms with Crippen LogP contribution in [0.1, 0.15) is 38.3 Å². The molecule has 0 aliphatic carbocycles. The zero-order valence-corrected chi connectivity index (χ0v) is 12.2. The van der Waals surface area contributed by atoms with Gasteiger partial charge in [0.15, 0.2) is 0 Å². The molecule has 1 N–H and O–H groups in total. The van der Waals surface area contributed by atoms with E-state index in [1.807, 2.05) is 31.2 Å². The topological polar surface area (TPSA) is 49.8 Å². The van der Waals surface area contributed by atoms with Gasteiger partial charge in [-0.25, -0.2) is 0 Å². The van der Waals surface area contributed by atoms with Crippen LogP contribution in [0.15, 0.2) is 24.3 Å². The van der Waals surface area contributed by atoms with Gasteiger partial charge in [0.2, 0.25) is 0 Å². The van der Waals surface area contributed by atoms with E-state index in [1.54, 1.807) is 0 Å². The fourth-order valence-corrected chi connectivity index (χ4v) is 2.71. The molecule has 1 heterocycles. The molecule has 20 heavy (non-hydrogen) atoms. The molecule has 0 bridgehead atoms. The van der Waals surface area contributed by atoms with Crippen molar-refractivity contribution in [2.24, 2.45) is 5.92 Å². The highest BCUT2D eigenvalue weighted by Crippen LogP contribution is 2.28. The smallest absolute Gasteiger partial charge is 0.325 e. The molecule has 1 aliphatic rings. The number of carboxylic acids is 1. The van der Waals surface area contributed by atoms with E-state index in [9.17, 15) is 9.90 Å². The molecule has 0 amide bonds. The molecule has 0 radical (unpaired) electrons. The summed E-state index contributed by atoms with van der Waals surface area (Å²) in [4.78, 5) is 13.7. The molecular weight excluding hydrogens is 254 g/mol. The maximum absolute atomic E-state index is 11.6. The molecule has 1 fully saturated rings. The van der Waals surface area contributed by atoms with E-state index >= 15 is 0 Å². The quantitative estimate of drug-likeness (QED) is 0.899. The lowest BCUT2D eigenvalue weighted by molar-refractivity contribution is -0.144. The van der Waals surface area contributed by atoms with E-state index < -0.39 is 12.0 Å². The second kappa shape index (κ2) is 6.75. The second-order valence-electron chi connectivity index (χ2n) is 5.46. The van der Waals surface area contributed by atoms with Crippen LogP contribution in [0.3, 0.4) is 0 Å². The zero-order chi connectivity index (χ0) is 14.5. The lowest BCUT2D eigenvalue weighted by Crippen LogP contribution is -2.39. The van der Waals surface area contributed by atoms with Crippen molar-refractivity contribution in [2.75, 3.05) is 19.7 Å². The van der Waals surface area contributed by atoms with Gasteiger partial charge in [-0.15, -0.1) is 0 Å². The molecule has 110 valence electrons. The number of likely N-dealkylation sites (tertiary alicyclic amines) is 1. The number of nitrogens with zero attached hydrogens (tertiary/aromatic N) is 1. The molecule has 1 atom stereocenters. The van der Waals surface area contributed by atoms with E-state index in [0.717, 1.165) is 37.2 Å². The molecule has 2 rings (SSSR count). The molecule has 1 aliphatic heterocycles. The first-order chi connectivity index (χ1) is 9.61. The van der Waals surface area contributed by atoms with Crippen molar-refractivity contribution in [3.8, 4) is 5.75 Å². The van der Waals surface area contributed by atoms with Crippen molar-refractivity contribution < 1.29 is 14.6 Å². The molecule has 4 nitrogen and oxygen atoms in total. The van der Waals surface area contributed by atoms with Crippen LogP contribution >= 0.6 is 0 Å². The van der Waals surface area contributed by atoms with Crippen LogP contribution in [0.5, 0.6) is 5.75 Å². The number of hydrogen-bond acceptors (Lipinski definition) is 3. The Morgan fingerprint density at radius 1 is 1.35 bits per heavy atom. The van der Waals surface area contributed by atoms with Crippen molar-refractivity contribution in [2.45, 2.75) is 32.7 Å². The monoisotopic (exact) mass is 277 g/mol. The number of benzene rings is 1. The Labute approximate surface area is 120 Å². The van der Waals surface area contributed by atoms with Gasteiger partial charge < -0.3 is 9.84 Å². The van der Waals surface area contributed by atoms with Crippen molar-refractivity contribution in [1.82, 2.24) is 4.90 Å². The van der Waals surface area contributed by atoms with Gasteiger partial charge in [-0.1, -0.05) is 19.1 Å². The number of rotatable bonds is 5. The van der Waals surface area contributed by atoms with Crippen LogP contribution in [0.4, 0.5) is 0 Å². The molecule has 1 aromatic rings. The Morgan fingerprint density at radius 3 is 2.45 bits per heavy atom. The molecule has 1 saturated heterocycles. The highest BCUT2D eigenvalue weighted by Gasteiger charge is 2.29. The van der Waals surface area contributed by atoms with Gasteiger partial charge in [0.05, 0.1) is 6.61 Å². The normalized spacial score (nSPS) is 18.7. The fourth-order valence-electron chi connectivity index (χ4n) is 2.71. The molecule has 4 heteroatoms. The summed E-state index contributed by atoms with van der Waals surface area (Å²) in [6, 6.07) is 6.88. The average Bonchev–Trinajstić information content (AvgIpc) is 2.43. The van der Waals surface area contributed by atoms with Gasteiger partial charge >= 0.3 is 5.97 Å². The van der Waals surface area contributed by atoms with Crippen LogP contribution in [0.2, 0.25) is 0 Å². The van der Waals surface area contributed by atoms with Crippen LogP contribution in [-0.2, 0) is 4.79 Å². The van der Waals surface area contributed by atoms with Crippen LogP contribution in [0.25, 0.3) is 0 Å². The molecular formula is C16H23NO3. The Morgan fingerprint density at radius 2 is 1.95 bits per heavy atom. The molecule has 1 aromatic carbocycles. The van der Waals surface area contributed by atoms with Crippen molar-refractivity contribution in [3.63, 3.8) is 0 Å². The maximum atomic E-state index is 11.6. The third kappa shape index (κ3) is 3.51. The minimum absolute atomic E-state index is 0.543. The van der Waals surface area contributed by atoms with Crippen LogP contribution < -0.4 is 4.74 Å². The van der Waals surface area contributed by atoms with Gasteiger partial charge in [0.25, 0.3) is 0 Å². The molecule has 0 spiro atoms. The summed E-state index contributed by atoms with van der Waals surface area (Å²) in [7, 11) is 0. The van der Waals surface area contributed by atoms with Gasteiger partial charge in [0.1, 0.15) is 11.8 Å². The van der Waals surface area contributed by atoms with Crippen molar-refractivity contribution in [3.05, 3.63) is 29.8 Å². The Hall–Kier alpha value is -1.55. The standard InChI is InChI=1S/C16H23NO3/c1-3-20-14-6-4-13(5-7-14)15(16(18)19)17-10-8-12(2)9-11-17/h4-7,12,15H,3,8-11H2,1-2H3,(H,18,19). The van der Waals surface area contributed by atoms with Gasteiger partial charge in [-0.05, 0) is 56.5 Å². The SMILES string of the molecule is CCOc1ccc(C(C(=O)O)N2CCC(C)CC2)cc1. The van der Waals surface area contributed by atoms with E-state index in [4.69, 9.17) is 4.74 Å². The Bertz CT molecular complexity index is 436. The van der Waals surface area contributed by atoms with Gasteiger partial charge in [-0.3, -0.25) is 9.69 Å². The predicted octanol–water partition coefficient (Wildman–Crippen LogP) is 2.94. The van der Waals surface area contributed by atoms with Crippen molar-refractivity contribution >= 4 is 5.97 Å². The van der Waals surface area contributed by atoms with E-state index in [0.29, 0.717) is 12.5 Å². The Balaban J connectivity index is 2.13. The highest BCUT2D eigenvalue weighted by molar-refractivity contribution is 5.75. The number of hydrogen-bond donors (Lipinski definition) is 1. The summed E-state index contributed by atoms with van der Waals surface area (Å²) in [6.07, 6.45) is 2.14. The van der Waals surface area contributed by atoms with Crippen LogP contribution in [0, 0.1) is 5.92 Å². The number of ether oxygens (including phenoxy) is 1. The molecule has 1 unspecified atom stereocenters. The zero-order valence-electron chi connectivity index (χ0n) is 12.2. The highest BCUT2D eigenvalue weighted by atomic mass is 16.5. The number of carboxylic acid groups (broad SMARTS) is 1. The second-order valence-corrected chi connectivity index (χ2v) is 5.46. The molecule has 0 saturated carbocycles. The first-order valence-electron chi connectivity index (χ1n) is 7.31. The predicted molar refractivity (Wildman–Crippen MR) is 78.0 cm³/mol. The average molecular weight is 277 g/mol. The lowest BCUT2D eigenvalue weighted by Gasteiger charge is -2.34. The van der Waals surface area contributed by atoms with Gasteiger partial charge in [-0.2, -0.15) is 0 Å².